The molecular formula is C16H11F4NO2. The van der Waals surface area contributed by atoms with Crippen LogP contribution in [-0.4, -0.2) is 17.2 Å². The highest BCUT2D eigenvalue weighted by molar-refractivity contribution is 5.98. The van der Waals surface area contributed by atoms with E-state index < -0.39 is 12.2 Å². The number of nitrogens with zero attached hydrogens (tertiary/aromatic N) is 1. The lowest BCUT2D eigenvalue weighted by Crippen LogP contribution is -2.23. The van der Waals surface area contributed by atoms with Gasteiger partial charge in [-0.15, -0.1) is 13.2 Å². The number of alkyl halides is 3. The van der Waals surface area contributed by atoms with Crippen LogP contribution in [0, 0.1) is 5.82 Å². The van der Waals surface area contributed by atoms with Gasteiger partial charge in [0.1, 0.15) is 11.6 Å². The van der Waals surface area contributed by atoms with Gasteiger partial charge in [0.15, 0.2) is 0 Å². The van der Waals surface area contributed by atoms with Crippen molar-refractivity contribution in [1.29, 1.82) is 0 Å². The summed E-state index contributed by atoms with van der Waals surface area (Å²) in [5, 5.41) is 0. The Balaban J connectivity index is 1.70. The van der Waals surface area contributed by atoms with Crippen LogP contribution in [-0.2, 0) is 13.1 Å². The Morgan fingerprint density at radius 1 is 1.09 bits per heavy atom. The average Bonchev–Trinajstić information content (AvgIpc) is 2.75. The van der Waals surface area contributed by atoms with Gasteiger partial charge in [0.2, 0.25) is 0 Å². The van der Waals surface area contributed by atoms with Crippen LogP contribution in [0.4, 0.5) is 17.6 Å². The van der Waals surface area contributed by atoms with Crippen LogP contribution in [0.15, 0.2) is 42.5 Å². The molecule has 0 fully saturated rings. The summed E-state index contributed by atoms with van der Waals surface area (Å²) in [6, 6.07) is 9.27. The second-order valence-corrected chi connectivity index (χ2v) is 5.15. The van der Waals surface area contributed by atoms with Crippen LogP contribution in [0.5, 0.6) is 5.75 Å². The molecule has 0 radical (unpaired) electrons. The van der Waals surface area contributed by atoms with E-state index in [0.29, 0.717) is 16.7 Å². The molecule has 1 heterocycles. The number of hydrogen-bond acceptors (Lipinski definition) is 2. The summed E-state index contributed by atoms with van der Waals surface area (Å²) in [4.78, 5) is 13.7. The number of rotatable bonds is 3. The number of fused-ring (bicyclic) bond motifs is 1. The van der Waals surface area contributed by atoms with E-state index >= 15 is 0 Å². The Kier molecular flexibility index (Phi) is 3.71. The summed E-state index contributed by atoms with van der Waals surface area (Å²) in [5.41, 5.74) is 1.71. The first-order valence-electron chi connectivity index (χ1n) is 6.74. The summed E-state index contributed by atoms with van der Waals surface area (Å²) in [6.07, 6.45) is -4.74. The lowest BCUT2D eigenvalue weighted by atomic mass is 10.1. The third-order valence-electron chi connectivity index (χ3n) is 3.48. The summed E-state index contributed by atoms with van der Waals surface area (Å²) in [5.74, 6) is -0.956. The lowest BCUT2D eigenvalue weighted by Gasteiger charge is -2.16. The highest BCUT2D eigenvalue weighted by Crippen LogP contribution is 2.27. The fraction of sp³-hybridized carbons (Fsp3) is 0.188. The van der Waals surface area contributed by atoms with E-state index in [0.717, 1.165) is 0 Å². The Bertz CT molecular complexity index is 741. The van der Waals surface area contributed by atoms with Crippen LogP contribution < -0.4 is 4.74 Å². The first kappa shape index (κ1) is 15.3. The van der Waals surface area contributed by atoms with Gasteiger partial charge in [0.05, 0.1) is 0 Å². The van der Waals surface area contributed by atoms with E-state index in [1.54, 1.807) is 0 Å². The standard InChI is InChI=1S/C16H11F4NO2/c17-12-3-6-14-11(7-12)9-21(15(14)22)8-10-1-4-13(5-2-10)23-16(18,19)20/h1-7H,8-9H2. The van der Waals surface area contributed by atoms with E-state index in [4.69, 9.17) is 0 Å². The third kappa shape index (κ3) is 3.44. The molecule has 120 valence electrons. The van der Waals surface area contributed by atoms with Crippen molar-refractivity contribution in [3.8, 4) is 5.75 Å². The molecule has 0 atom stereocenters. The quantitative estimate of drug-likeness (QED) is 0.802. The fourth-order valence-corrected chi connectivity index (χ4v) is 2.49. The van der Waals surface area contributed by atoms with Gasteiger partial charge in [-0.1, -0.05) is 12.1 Å². The molecule has 2 aromatic rings. The Labute approximate surface area is 129 Å². The molecule has 1 aliphatic rings. The van der Waals surface area contributed by atoms with Crippen molar-refractivity contribution in [1.82, 2.24) is 4.90 Å². The molecule has 0 spiro atoms. The van der Waals surface area contributed by atoms with Crippen LogP contribution in [0.3, 0.4) is 0 Å². The largest absolute Gasteiger partial charge is 0.573 e. The zero-order valence-electron chi connectivity index (χ0n) is 11.7. The molecule has 0 N–H and O–H groups in total. The van der Waals surface area contributed by atoms with Crippen molar-refractivity contribution in [2.75, 3.05) is 0 Å². The normalized spacial score (nSPS) is 14.1. The summed E-state index contributed by atoms with van der Waals surface area (Å²) in [6.45, 7) is 0.494. The number of benzene rings is 2. The minimum absolute atomic E-state index is 0.224. The molecular weight excluding hydrogens is 314 g/mol. The van der Waals surface area contributed by atoms with Crippen molar-refractivity contribution in [3.63, 3.8) is 0 Å². The maximum atomic E-state index is 13.2. The molecule has 0 saturated carbocycles. The van der Waals surface area contributed by atoms with Crippen molar-refractivity contribution in [3.05, 3.63) is 65.0 Å². The predicted octanol–water partition coefficient (Wildman–Crippen LogP) is 3.88. The summed E-state index contributed by atoms with van der Waals surface area (Å²) in [7, 11) is 0. The maximum Gasteiger partial charge on any atom is 0.573 e. The summed E-state index contributed by atoms with van der Waals surface area (Å²) >= 11 is 0. The molecule has 1 aliphatic heterocycles. The first-order valence-corrected chi connectivity index (χ1v) is 6.74. The van der Waals surface area contributed by atoms with Crippen molar-refractivity contribution in [2.24, 2.45) is 0 Å². The monoisotopic (exact) mass is 325 g/mol. The maximum absolute atomic E-state index is 13.2. The molecule has 2 aromatic carbocycles. The lowest BCUT2D eigenvalue weighted by molar-refractivity contribution is -0.274. The van der Waals surface area contributed by atoms with E-state index in [1.807, 2.05) is 0 Å². The van der Waals surface area contributed by atoms with Crippen LogP contribution in [0.2, 0.25) is 0 Å². The molecule has 0 bridgehead atoms. The number of amides is 1. The van der Waals surface area contributed by atoms with Gasteiger partial charge in [-0.25, -0.2) is 4.39 Å². The zero-order chi connectivity index (χ0) is 16.6. The number of carbonyl (C=O) groups is 1. The molecule has 0 unspecified atom stereocenters. The highest BCUT2D eigenvalue weighted by atomic mass is 19.4. The van der Waals surface area contributed by atoms with Gasteiger partial charge in [0.25, 0.3) is 5.91 Å². The molecule has 0 saturated heterocycles. The molecule has 3 rings (SSSR count). The minimum Gasteiger partial charge on any atom is -0.406 e. The molecule has 1 amide bonds. The Morgan fingerprint density at radius 2 is 1.78 bits per heavy atom. The minimum atomic E-state index is -4.74. The molecule has 7 heteroatoms. The molecule has 0 aromatic heterocycles. The molecule has 23 heavy (non-hydrogen) atoms. The smallest absolute Gasteiger partial charge is 0.406 e. The second-order valence-electron chi connectivity index (χ2n) is 5.15. The highest BCUT2D eigenvalue weighted by Gasteiger charge is 2.31. The number of ether oxygens (including phenoxy) is 1. The van der Waals surface area contributed by atoms with Gasteiger partial charge in [0, 0.05) is 18.7 Å². The van der Waals surface area contributed by atoms with Crippen LogP contribution in [0.1, 0.15) is 21.5 Å². The van der Waals surface area contributed by atoms with E-state index in [-0.39, 0.29) is 24.7 Å². The third-order valence-corrected chi connectivity index (χ3v) is 3.48. The van der Waals surface area contributed by atoms with Gasteiger partial charge in [-0.05, 0) is 41.5 Å². The Morgan fingerprint density at radius 3 is 2.43 bits per heavy atom. The van der Waals surface area contributed by atoms with E-state index in [2.05, 4.69) is 4.74 Å². The predicted molar refractivity (Wildman–Crippen MR) is 73.1 cm³/mol. The van der Waals surface area contributed by atoms with Gasteiger partial charge in [-0.3, -0.25) is 4.79 Å². The number of halogens is 4. The van der Waals surface area contributed by atoms with Gasteiger partial charge >= 0.3 is 6.36 Å². The summed E-state index contributed by atoms with van der Waals surface area (Å²) < 4.78 is 53.3. The topological polar surface area (TPSA) is 29.5 Å². The van der Waals surface area contributed by atoms with Crippen molar-refractivity contribution < 1.29 is 27.1 Å². The van der Waals surface area contributed by atoms with Gasteiger partial charge < -0.3 is 9.64 Å². The van der Waals surface area contributed by atoms with Crippen LogP contribution in [0.25, 0.3) is 0 Å². The van der Waals surface area contributed by atoms with Gasteiger partial charge in [-0.2, -0.15) is 0 Å². The second kappa shape index (κ2) is 5.57. The molecule has 0 aliphatic carbocycles. The van der Waals surface area contributed by atoms with Crippen LogP contribution >= 0.6 is 0 Å². The Hall–Kier alpha value is -2.57. The van der Waals surface area contributed by atoms with E-state index in [1.165, 1.54) is 47.4 Å². The SMILES string of the molecule is O=C1c2ccc(F)cc2CN1Cc1ccc(OC(F)(F)F)cc1. The molecule has 3 nitrogen and oxygen atoms in total. The zero-order valence-corrected chi connectivity index (χ0v) is 11.7. The number of carbonyl (C=O) groups excluding carboxylic acids is 1. The van der Waals surface area contributed by atoms with Crippen molar-refractivity contribution in [2.45, 2.75) is 19.5 Å². The van der Waals surface area contributed by atoms with E-state index in [9.17, 15) is 22.4 Å². The fourth-order valence-electron chi connectivity index (χ4n) is 2.49. The van der Waals surface area contributed by atoms with Crippen molar-refractivity contribution >= 4 is 5.91 Å². The number of hydrogen-bond donors (Lipinski definition) is 0. The first-order chi connectivity index (χ1) is 10.8. The average molecular weight is 325 g/mol.